The molecule has 1 fully saturated rings. The van der Waals surface area contributed by atoms with Gasteiger partial charge in [-0.15, -0.1) is 0 Å². The Bertz CT molecular complexity index is 1170. The van der Waals surface area contributed by atoms with Gasteiger partial charge >= 0.3 is 0 Å². The third-order valence-corrected chi connectivity index (χ3v) is 6.87. The summed E-state index contributed by atoms with van der Waals surface area (Å²) in [5.41, 5.74) is 2.82. The number of ether oxygens (including phenoxy) is 2. The van der Waals surface area contributed by atoms with Gasteiger partial charge in [0.2, 0.25) is 10.0 Å². The van der Waals surface area contributed by atoms with E-state index in [9.17, 15) is 8.42 Å². The summed E-state index contributed by atoms with van der Waals surface area (Å²) in [6.45, 7) is 3.45. The normalized spacial score (nSPS) is 16.2. The molecule has 1 atom stereocenters. The lowest BCUT2D eigenvalue weighted by Gasteiger charge is -2.34. The minimum Gasteiger partial charge on any atom is -0.491 e. The molecule has 0 spiro atoms. The molecule has 0 amide bonds. The van der Waals surface area contributed by atoms with E-state index in [4.69, 9.17) is 9.47 Å². The third-order valence-electron chi connectivity index (χ3n) is 6.28. The van der Waals surface area contributed by atoms with Crippen molar-refractivity contribution in [3.05, 3.63) is 84.2 Å². The summed E-state index contributed by atoms with van der Waals surface area (Å²) in [5, 5.41) is 0. The molecule has 0 saturated carbocycles. The van der Waals surface area contributed by atoms with Crippen LogP contribution in [0.15, 0.2) is 72.9 Å². The zero-order chi connectivity index (χ0) is 24.7. The number of sulfonamides is 1. The summed E-state index contributed by atoms with van der Waals surface area (Å²) < 4.78 is 40.3. The highest BCUT2D eigenvalue weighted by atomic mass is 32.2. The number of piperidine rings is 1. The Hall–Kier alpha value is -2.81. The van der Waals surface area contributed by atoms with E-state index in [1.165, 1.54) is 11.3 Å². The average molecular weight is 498 g/mol. The first kappa shape index (κ1) is 25.3. The Morgan fingerprint density at radius 1 is 1.00 bits per heavy atom. The molecule has 1 unspecified atom stereocenters. The van der Waals surface area contributed by atoms with Crippen molar-refractivity contribution in [2.24, 2.45) is 7.05 Å². The quantitative estimate of drug-likeness (QED) is 0.397. The van der Waals surface area contributed by atoms with Gasteiger partial charge in [0.25, 0.3) is 0 Å². The smallest absolute Gasteiger partial charge is 0.229 e. The number of hydrogen-bond acceptors (Lipinski definition) is 5. The molecule has 1 N–H and O–H groups in total. The zero-order valence-electron chi connectivity index (χ0n) is 20.5. The fourth-order valence-electron chi connectivity index (χ4n) is 4.50. The van der Waals surface area contributed by atoms with E-state index >= 15 is 0 Å². The lowest BCUT2D eigenvalue weighted by molar-refractivity contribution is -0.0298. The van der Waals surface area contributed by atoms with Crippen molar-refractivity contribution in [2.45, 2.75) is 31.5 Å². The van der Waals surface area contributed by atoms with Crippen molar-refractivity contribution in [1.29, 1.82) is 0 Å². The van der Waals surface area contributed by atoms with Crippen molar-refractivity contribution in [3.63, 3.8) is 0 Å². The topological polar surface area (TPSA) is 72.8 Å². The third kappa shape index (κ3) is 7.34. The van der Waals surface area contributed by atoms with E-state index in [0.29, 0.717) is 18.0 Å². The summed E-state index contributed by atoms with van der Waals surface area (Å²) in [7, 11) is -1.28. The minimum atomic E-state index is -3.35. The number of likely N-dealkylation sites (tertiary alicyclic amines) is 1. The number of hydrogen-bond donors (Lipinski definition) is 1. The monoisotopic (exact) mass is 497 g/mol. The van der Waals surface area contributed by atoms with Crippen molar-refractivity contribution in [1.82, 2.24) is 9.47 Å². The van der Waals surface area contributed by atoms with E-state index < -0.39 is 10.0 Å². The summed E-state index contributed by atoms with van der Waals surface area (Å²) in [6.07, 6.45) is 6.21. The van der Waals surface area contributed by atoms with Gasteiger partial charge in [0.15, 0.2) is 0 Å². The van der Waals surface area contributed by atoms with Crippen LogP contribution in [0, 0.1) is 0 Å². The van der Waals surface area contributed by atoms with Crippen LogP contribution < -0.4 is 9.46 Å². The molecule has 4 rings (SSSR count). The van der Waals surface area contributed by atoms with Crippen molar-refractivity contribution in [2.75, 3.05) is 37.2 Å². The molecule has 1 aromatic heterocycles. The number of aryl methyl sites for hydroxylation is 1. The Morgan fingerprint density at radius 2 is 1.71 bits per heavy atom. The fourth-order valence-corrected chi connectivity index (χ4v) is 5.07. The van der Waals surface area contributed by atoms with Crippen LogP contribution >= 0.6 is 0 Å². The maximum absolute atomic E-state index is 11.6. The summed E-state index contributed by atoms with van der Waals surface area (Å²) in [5.74, 6) is 0.553. The van der Waals surface area contributed by atoms with Gasteiger partial charge in [-0.25, -0.2) is 8.42 Å². The van der Waals surface area contributed by atoms with Crippen LogP contribution in [0.25, 0.3) is 0 Å². The van der Waals surface area contributed by atoms with Gasteiger partial charge in [0, 0.05) is 32.9 Å². The first-order valence-corrected chi connectivity index (χ1v) is 14.0. The highest BCUT2D eigenvalue weighted by Gasteiger charge is 2.25. The van der Waals surface area contributed by atoms with Crippen LogP contribution in [0.2, 0.25) is 0 Å². The highest BCUT2D eigenvalue weighted by molar-refractivity contribution is 7.92. The maximum Gasteiger partial charge on any atom is 0.229 e. The van der Waals surface area contributed by atoms with Crippen molar-refractivity contribution in [3.8, 4) is 5.75 Å². The van der Waals surface area contributed by atoms with Gasteiger partial charge in [-0.2, -0.15) is 0 Å². The molecule has 1 aliphatic heterocycles. The summed E-state index contributed by atoms with van der Waals surface area (Å²) in [4.78, 5) is 2.45. The number of rotatable bonds is 11. The van der Waals surface area contributed by atoms with Crippen LogP contribution in [0.5, 0.6) is 5.75 Å². The molecular weight excluding hydrogens is 462 g/mol. The lowest BCUT2D eigenvalue weighted by atomic mass is 10.0. The average Bonchev–Trinajstić information content (AvgIpc) is 3.27. The number of nitrogens with zero attached hydrogens (tertiary/aromatic N) is 2. The zero-order valence-corrected chi connectivity index (χ0v) is 21.3. The van der Waals surface area contributed by atoms with Crippen molar-refractivity contribution >= 4 is 15.7 Å². The second-order valence-electron chi connectivity index (χ2n) is 9.08. The van der Waals surface area contributed by atoms with E-state index in [1.54, 1.807) is 18.2 Å². The maximum atomic E-state index is 11.6. The van der Waals surface area contributed by atoms with E-state index in [0.717, 1.165) is 45.2 Å². The standard InChI is InChI=1S/C27H35N3O4S/c1-29-17-8-13-25(29)27(22-10-4-3-5-11-22)34-23-15-19-30(20-16-23)18-9-21-33-26-14-7-6-12-24(26)28-35(2,31)32/h3-8,10-14,17,23,27-28H,9,15-16,18-21H2,1-2H3. The molecule has 0 radical (unpaired) electrons. The number of benzene rings is 2. The molecule has 7 nitrogen and oxygen atoms in total. The largest absolute Gasteiger partial charge is 0.491 e. The fraction of sp³-hybridized carbons (Fsp3) is 0.407. The first-order chi connectivity index (χ1) is 16.9. The van der Waals surface area contributed by atoms with Gasteiger partial charge < -0.3 is 18.9 Å². The molecule has 2 aromatic carbocycles. The Balaban J connectivity index is 1.24. The predicted molar refractivity (Wildman–Crippen MR) is 139 cm³/mol. The molecule has 0 bridgehead atoms. The van der Waals surface area contributed by atoms with E-state index in [-0.39, 0.29) is 12.2 Å². The molecule has 2 heterocycles. The van der Waals surface area contributed by atoms with E-state index in [2.05, 4.69) is 63.8 Å². The van der Waals surface area contributed by atoms with Crippen LogP contribution in [-0.2, 0) is 21.8 Å². The molecule has 0 aliphatic carbocycles. The summed E-state index contributed by atoms with van der Waals surface area (Å²) >= 11 is 0. The Kier molecular flexibility index (Phi) is 8.49. The van der Waals surface area contributed by atoms with Gasteiger partial charge in [0.1, 0.15) is 11.9 Å². The predicted octanol–water partition coefficient (Wildman–Crippen LogP) is 4.44. The minimum absolute atomic E-state index is 0.0678. The van der Waals surface area contributed by atoms with Gasteiger partial charge in [-0.1, -0.05) is 42.5 Å². The van der Waals surface area contributed by atoms with Gasteiger partial charge in [-0.3, -0.25) is 4.72 Å². The highest BCUT2D eigenvalue weighted by Crippen LogP contribution is 2.30. The SMILES string of the molecule is Cn1cccc1C(OC1CCN(CCCOc2ccccc2NS(C)(=O)=O)CC1)c1ccccc1. The number of aromatic nitrogens is 1. The first-order valence-electron chi connectivity index (χ1n) is 12.1. The molecule has 35 heavy (non-hydrogen) atoms. The van der Waals surface area contributed by atoms with Crippen molar-refractivity contribution < 1.29 is 17.9 Å². The second-order valence-corrected chi connectivity index (χ2v) is 10.8. The van der Waals surface area contributed by atoms with Crippen LogP contribution in [-0.4, -0.2) is 56.5 Å². The van der Waals surface area contributed by atoms with Gasteiger partial charge in [-0.05, 0) is 49.1 Å². The molecule has 3 aromatic rings. The molecule has 1 aliphatic rings. The van der Waals surface area contributed by atoms with Gasteiger partial charge in [0.05, 0.1) is 30.3 Å². The Labute approximate surface area is 208 Å². The number of nitrogens with one attached hydrogen (secondary N) is 1. The molecular formula is C27H35N3O4S. The summed E-state index contributed by atoms with van der Waals surface area (Å²) in [6, 6.07) is 21.8. The number of anilines is 1. The van der Waals surface area contributed by atoms with Crippen LogP contribution in [0.4, 0.5) is 5.69 Å². The van der Waals surface area contributed by atoms with Crippen LogP contribution in [0.3, 0.4) is 0 Å². The second kappa shape index (κ2) is 11.7. The molecule has 1 saturated heterocycles. The van der Waals surface area contributed by atoms with E-state index in [1.807, 2.05) is 12.1 Å². The van der Waals surface area contributed by atoms with Crippen LogP contribution in [0.1, 0.15) is 36.6 Å². The molecule has 8 heteroatoms. The number of para-hydroxylation sites is 2. The molecule has 188 valence electrons. The lowest BCUT2D eigenvalue weighted by Crippen LogP contribution is -2.38. The Morgan fingerprint density at radius 3 is 2.40 bits per heavy atom.